The van der Waals surface area contributed by atoms with E-state index in [0.717, 1.165) is 6.07 Å². The molecule has 3 rings (SSSR count). The molecule has 1 aliphatic rings. The molecule has 4 N–H and O–H groups in total. The molecule has 1 heterocycles. The highest BCUT2D eigenvalue weighted by Crippen LogP contribution is 2.53. The summed E-state index contributed by atoms with van der Waals surface area (Å²) in [5.41, 5.74) is -2.07. The van der Waals surface area contributed by atoms with Crippen molar-refractivity contribution >= 4 is 29.1 Å². The first-order chi connectivity index (χ1) is 18.3. The minimum absolute atomic E-state index is 0.00170. The van der Waals surface area contributed by atoms with Gasteiger partial charge in [0.2, 0.25) is 5.91 Å². The molecule has 2 aromatic rings. The predicted molar refractivity (Wildman–Crippen MR) is 148 cm³/mol. The van der Waals surface area contributed by atoms with Crippen LogP contribution in [0, 0.1) is 34.3 Å². The Bertz CT molecular complexity index is 1240. The Morgan fingerprint density at radius 3 is 2.54 bits per heavy atom. The van der Waals surface area contributed by atoms with Gasteiger partial charge in [0.05, 0.1) is 29.8 Å². The Labute approximate surface area is 238 Å². The summed E-state index contributed by atoms with van der Waals surface area (Å²) in [6.07, 6.45) is -0.570. The molecule has 5 atom stereocenters. The summed E-state index contributed by atoms with van der Waals surface area (Å²) in [6, 6.07) is 8.76. The fourth-order valence-corrected chi connectivity index (χ4v) is 5.61. The fourth-order valence-electron chi connectivity index (χ4n) is 5.27. The molecule has 10 heteroatoms. The van der Waals surface area contributed by atoms with Crippen molar-refractivity contribution in [2.75, 3.05) is 13.2 Å². The molecule has 39 heavy (non-hydrogen) atoms. The minimum Gasteiger partial charge on any atom is -0.394 e. The topological polar surface area (TPSA) is 105 Å². The van der Waals surface area contributed by atoms with Crippen molar-refractivity contribution < 1.29 is 23.8 Å². The van der Waals surface area contributed by atoms with E-state index in [1.54, 1.807) is 0 Å². The third-order valence-corrected chi connectivity index (χ3v) is 8.72. The van der Waals surface area contributed by atoms with Crippen LogP contribution < -0.4 is 10.6 Å². The van der Waals surface area contributed by atoms with Crippen molar-refractivity contribution in [1.82, 2.24) is 10.6 Å². The second-order valence-electron chi connectivity index (χ2n) is 11.2. The summed E-state index contributed by atoms with van der Waals surface area (Å²) >= 11 is 12.2. The standard InChI is InChI=1S/C29H35Cl2F2N3O3/c1-16(2)28(3,4)13-23-29(15-34,20-9-8-17(30)12-22(20)32)24(19-6-5-7-21(31)25(19)33)26(36-23)27(39)35-11-10-18(38)14-37/h5-9,12,16,18,23-24,26,36-38H,10-11,13-14H2,1-4H3,(H,35,39)/t18-,23?,24-,26+,29+/m0/s1. The van der Waals surface area contributed by atoms with Crippen molar-refractivity contribution in [2.45, 2.75) is 70.1 Å². The Kier molecular flexibility index (Phi) is 10.0. The van der Waals surface area contributed by atoms with Gasteiger partial charge in [-0.15, -0.1) is 0 Å². The lowest BCUT2D eigenvalue weighted by molar-refractivity contribution is -0.123. The Hall–Kier alpha value is -2.28. The van der Waals surface area contributed by atoms with E-state index in [2.05, 4.69) is 16.7 Å². The number of benzene rings is 2. The van der Waals surface area contributed by atoms with E-state index in [0.29, 0.717) is 6.42 Å². The zero-order chi connectivity index (χ0) is 29.1. The maximum absolute atomic E-state index is 15.7. The molecule has 1 fully saturated rings. The summed E-state index contributed by atoms with van der Waals surface area (Å²) in [5, 5.41) is 35.7. The molecule has 0 spiro atoms. The zero-order valence-electron chi connectivity index (χ0n) is 22.4. The highest BCUT2D eigenvalue weighted by atomic mass is 35.5. The van der Waals surface area contributed by atoms with Crippen molar-refractivity contribution in [2.24, 2.45) is 11.3 Å². The quantitative estimate of drug-likeness (QED) is 0.313. The number of hydrogen-bond donors (Lipinski definition) is 4. The van der Waals surface area contributed by atoms with Gasteiger partial charge in [-0.25, -0.2) is 8.78 Å². The van der Waals surface area contributed by atoms with Crippen LogP contribution >= 0.6 is 23.2 Å². The number of rotatable bonds is 10. The van der Waals surface area contributed by atoms with Crippen LogP contribution in [0.1, 0.15) is 57.6 Å². The van der Waals surface area contributed by atoms with Gasteiger partial charge in [0.15, 0.2) is 0 Å². The molecule has 2 aromatic carbocycles. The zero-order valence-corrected chi connectivity index (χ0v) is 24.0. The van der Waals surface area contributed by atoms with Gasteiger partial charge in [0.1, 0.15) is 17.0 Å². The largest absolute Gasteiger partial charge is 0.394 e. The van der Waals surface area contributed by atoms with Crippen LogP contribution in [0.25, 0.3) is 0 Å². The molecule has 1 amide bonds. The number of carbonyl (C=O) groups is 1. The van der Waals surface area contributed by atoms with Crippen molar-refractivity contribution in [3.05, 3.63) is 69.2 Å². The van der Waals surface area contributed by atoms with Gasteiger partial charge in [0.25, 0.3) is 0 Å². The van der Waals surface area contributed by atoms with Gasteiger partial charge in [-0.3, -0.25) is 4.79 Å². The van der Waals surface area contributed by atoms with Gasteiger partial charge in [-0.2, -0.15) is 5.26 Å². The van der Waals surface area contributed by atoms with E-state index >= 15 is 8.78 Å². The summed E-state index contributed by atoms with van der Waals surface area (Å²) < 4.78 is 31.4. The molecule has 6 nitrogen and oxygen atoms in total. The van der Waals surface area contributed by atoms with E-state index in [9.17, 15) is 15.2 Å². The van der Waals surface area contributed by atoms with Crippen LogP contribution in [-0.4, -0.2) is 47.5 Å². The predicted octanol–water partition coefficient (Wildman–Crippen LogP) is 5.09. The van der Waals surface area contributed by atoms with Crippen molar-refractivity contribution in [3.63, 3.8) is 0 Å². The number of aliphatic hydroxyl groups is 2. The average molecular weight is 583 g/mol. The normalized spacial score (nSPS) is 24.0. The number of aliphatic hydroxyl groups excluding tert-OH is 2. The number of hydrogen-bond acceptors (Lipinski definition) is 5. The first kappa shape index (κ1) is 31.3. The van der Waals surface area contributed by atoms with E-state index in [1.165, 1.54) is 30.3 Å². The van der Waals surface area contributed by atoms with E-state index in [4.69, 9.17) is 28.3 Å². The number of amides is 1. The number of carbonyl (C=O) groups excluding carboxylic acids is 1. The lowest BCUT2D eigenvalue weighted by Gasteiger charge is -2.39. The van der Waals surface area contributed by atoms with Crippen LogP contribution in [0.4, 0.5) is 8.78 Å². The van der Waals surface area contributed by atoms with Gasteiger partial charge < -0.3 is 20.8 Å². The SMILES string of the molecule is CC(C)C(C)(C)CC1N[C@@H](C(=O)NCC[C@H](O)CO)[C@H](c2cccc(Cl)c2F)[C@]1(C#N)c1ccc(Cl)cc1F. The Morgan fingerprint density at radius 2 is 1.95 bits per heavy atom. The third kappa shape index (κ3) is 6.23. The number of nitriles is 1. The third-order valence-electron chi connectivity index (χ3n) is 8.20. The second kappa shape index (κ2) is 12.5. The van der Waals surface area contributed by atoms with Crippen LogP contribution in [0.15, 0.2) is 36.4 Å². The first-order valence-electron chi connectivity index (χ1n) is 12.9. The highest BCUT2D eigenvalue weighted by molar-refractivity contribution is 6.31. The molecular weight excluding hydrogens is 547 g/mol. The molecule has 0 bridgehead atoms. The number of halogens is 4. The second-order valence-corrected chi connectivity index (χ2v) is 12.0. The number of nitrogens with zero attached hydrogens (tertiary/aromatic N) is 1. The molecule has 0 aromatic heterocycles. The van der Waals surface area contributed by atoms with Crippen molar-refractivity contribution in [3.8, 4) is 6.07 Å². The summed E-state index contributed by atoms with van der Waals surface area (Å²) in [4.78, 5) is 13.6. The van der Waals surface area contributed by atoms with Crippen LogP contribution in [0.3, 0.4) is 0 Å². The number of nitrogens with one attached hydrogen (secondary N) is 2. The molecule has 1 saturated heterocycles. The maximum Gasteiger partial charge on any atom is 0.237 e. The van der Waals surface area contributed by atoms with Gasteiger partial charge in [0, 0.05) is 29.1 Å². The average Bonchev–Trinajstić information content (AvgIpc) is 3.19. The van der Waals surface area contributed by atoms with Crippen LogP contribution in [-0.2, 0) is 10.2 Å². The molecule has 0 aliphatic carbocycles. The first-order valence-corrected chi connectivity index (χ1v) is 13.7. The summed E-state index contributed by atoms with van der Waals surface area (Å²) in [5.74, 6) is -3.09. The Balaban J connectivity index is 2.26. The monoisotopic (exact) mass is 581 g/mol. The Morgan fingerprint density at radius 1 is 1.26 bits per heavy atom. The molecule has 0 radical (unpaired) electrons. The van der Waals surface area contributed by atoms with Gasteiger partial charge >= 0.3 is 0 Å². The summed E-state index contributed by atoms with van der Waals surface area (Å²) in [7, 11) is 0. The van der Waals surface area contributed by atoms with Crippen LogP contribution in [0.5, 0.6) is 0 Å². The van der Waals surface area contributed by atoms with Gasteiger partial charge in [-0.05, 0) is 47.9 Å². The van der Waals surface area contributed by atoms with Gasteiger partial charge in [-0.1, -0.05) is 69.1 Å². The van der Waals surface area contributed by atoms with E-state index in [-0.39, 0.29) is 45.5 Å². The van der Waals surface area contributed by atoms with E-state index < -0.39 is 53.7 Å². The van der Waals surface area contributed by atoms with Crippen molar-refractivity contribution in [1.29, 1.82) is 5.26 Å². The lowest BCUT2D eigenvalue weighted by atomic mass is 9.61. The smallest absolute Gasteiger partial charge is 0.237 e. The van der Waals surface area contributed by atoms with E-state index in [1.807, 2.05) is 27.7 Å². The fraction of sp³-hybridized carbons (Fsp3) is 0.517. The molecule has 1 unspecified atom stereocenters. The minimum atomic E-state index is -1.72. The maximum atomic E-state index is 15.7. The summed E-state index contributed by atoms with van der Waals surface area (Å²) in [6.45, 7) is 7.69. The molecule has 212 valence electrons. The molecule has 0 saturated carbocycles. The highest BCUT2D eigenvalue weighted by Gasteiger charge is 2.61. The van der Waals surface area contributed by atoms with Crippen LogP contribution in [0.2, 0.25) is 10.0 Å². The molecule has 1 aliphatic heterocycles. The lowest BCUT2D eigenvalue weighted by Crippen LogP contribution is -2.47. The molecular formula is C29H35Cl2F2N3O3.